The zero-order valence-electron chi connectivity index (χ0n) is 19.7. The predicted octanol–water partition coefficient (Wildman–Crippen LogP) is 5.16. The number of hydrogen-bond donors (Lipinski definition) is 1. The number of likely N-dealkylation sites (N-methyl/N-ethyl adjacent to an activating group) is 1. The molecule has 0 aliphatic heterocycles. The smallest absolute Gasteiger partial charge is 0.261 e. The van der Waals surface area contributed by atoms with Gasteiger partial charge in [-0.2, -0.15) is 0 Å². The SMILES string of the molecule is CCNC(=O)[C@H](Cc1ccccc1)N(Cc1ccc(Cl)cc1Cl)C(=O)COc1ccc(OC)cc1. The highest BCUT2D eigenvalue weighted by Crippen LogP contribution is 2.24. The molecule has 0 spiro atoms. The van der Waals surface area contributed by atoms with Crippen LogP contribution in [-0.4, -0.2) is 43.0 Å². The number of carbonyl (C=O) groups is 2. The molecule has 35 heavy (non-hydrogen) atoms. The number of hydrogen-bond acceptors (Lipinski definition) is 4. The van der Waals surface area contributed by atoms with E-state index in [4.69, 9.17) is 32.7 Å². The Balaban J connectivity index is 1.89. The van der Waals surface area contributed by atoms with Crippen molar-refractivity contribution in [2.45, 2.75) is 25.9 Å². The molecule has 2 amide bonds. The molecule has 0 aliphatic rings. The van der Waals surface area contributed by atoms with Crippen molar-refractivity contribution < 1.29 is 19.1 Å². The van der Waals surface area contributed by atoms with Gasteiger partial charge in [-0.05, 0) is 54.4 Å². The minimum atomic E-state index is -0.768. The summed E-state index contributed by atoms with van der Waals surface area (Å²) >= 11 is 12.5. The van der Waals surface area contributed by atoms with Gasteiger partial charge in [0.05, 0.1) is 7.11 Å². The Morgan fingerprint density at radius 2 is 1.66 bits per heavy atom. The molecule has 3 aromatic carbocycles. The van der Waals surface area contributed by atoms with Crippen LogP contribution in [0.4, 0.5) is 0 Å². The molecule has 1 N–H and O–H groups in total. The molecule has 0 unspecified atom stereocenters. The van der Waals surface area contributed by atoms with Gasteiger partial charge in [0, 0.05) is 29.6 Å². The van der Waals surface area contributed by atoms with Gasteiger partial charge >= 0.3 is 0 Å². The fourth-order valence-electron chi connectivity index (χ4n) is 3.58. The summed E-state index contributed by atoms with van der Waals surface area (Å²) in [6.45, 7) is 2.15. The van der Waals surface area contributed by atoms with E-state index in [-0.39, 0.29) is 25.0 Å². The number of nitrogens with one attached hydrogen (secondary N) is 1. The predicted molar refractivity (Wildman–Crippen MR) is 138 cm³/mol. The molecule has 0 bridgehead atoms. The monoisotopic (exact) mass is 514 g/mol. The molecule has 8 heteroatoms. The molecule has 0 aromatic heterocycles. The normalized spacial score (nSPS) is 11.4. The van der Waals surface area contributed by atoms with Crippen LogP contribution in [0.5, 0.6) is 11.5 Å². The summed E-state index contributed by atoms with van der Waals surface area (Å²) in [6.07, 6.45) is 0.339. The van der Waals surface area contributed by atoms with Crippen LogP contribution in [0.3, 0.4) is 0 Å². The number of amides is 2. The van der Waals surface area contributed by atoms with E-state index < -0.39 is 6.04 Å². The van der Waals surface area contributed by atoms with Crippen LogP contribution in [0, 0.1) is 0 Å². The minimum absolute atomic E-state index is 0.120. The largest absolute Gasteiger partial charge is 0.497 e. The Morgan fingerprint density at radius 3 is 2.29 bits per heavy atom. The molecule has 0 fully saturated rings. The summed E-state index contributed by atoms with van der Waals surface area (Å²) < 4.78 is 10.9. The van der Waals surface area contributed by atoms with Crippen LogP contribution >= 0.6 is 23.2 Å². The number of rotatable bonds is 11. The Bertz CT molecular complexity index is 1120. The molecule has 3 rings (SSSR count). The van der Waals surface area contributed by atoms with E-state index in [0.717, 1.165) is 5.56 Å². The van der Waals surface area contributed by atoms with Crippen molar-refractivity contribution in [1.82, 2.24) is 10.2 Å². The number of benzene rings is 3. The summed E-state index contributed by atoms with van der Waals surface area (Å²) in [5.41, 5.74) is 1.61. The van der Waals surface area contributed by atoms with Gasteiger partial charge in [0.2, 0.25) is 5.91 Å². The highest BCUT2D eigenvalue weighted by atomic mass is 35.5. The first-order valence-electron chi connectivity index (χ1n) is 11.2. The van der Waals surface area contributed by atoms with Crippen LogP contribution in [0.25, 0.3) is 0 Å². The Kier molecular flexibility index (Phi) is 9.82. The van der Waals surface area contributed by atoms with Crippen molar-refractivity contribution >= 4 is 35.0 Å². The molecule has 184 valence electrons. The Labute approximate surface area is 215 Å². The maximum absolute atomic E-state index is 13.5. The molecule has 0 saturated carbocycles. The third-order valence-corrected chi connectivity index (χ3v) is 5.99. The first-order valence-corrected chi connectivity index (χ1v) is 12.0. The van der Waals surface area contributed by atoms with Crippen molar-refractivity contribution in [1.29, 1.82) is 0 Å². The van der Waals surface area contributed by atoms with Crippen LogP contribution in [0.15, 0.2) is 72.8 Å². The van der Waals surface area contributed by atoms with Gasteiger partial charge in [-0.15, -0.1) is 0 Å². The van der Waals surface area contributed by atoms with E-state index in [1.165, 1.54) is 4.90 Å². The van der Waals surface area contributed by atoms with Crippen LogP contribution in [-0.2, 0) is 22.6 Å². The van der Waals surface area contributed by atoms with Gasteiger partial charge in [0.25, 0.3) is 5.91 Å². The lowest BCUT2D eigenvalue weighted by molar-refractivity contribution is -0.142. The maximum Gasteiger partial charge on any atom is 0.261 e. The highest BCUT2D eigenvalue weighted by molar-refractivity contribution is 6.35. The van der Waals surface area contributed by atoms with Gasteiger partial charge in [-0.25, -0.2) is 0 Å². The van der Waals surface area contributed by atoms with Gasteiger partial charge < -0.3 is 19.7 Å². The van der Waals surface area contributed by atoms with Gasteiger partial charge in [-0.3, -0.25) is 9.59 Å². The molecule has 1 atom stereocenters. The summed E-state index contributed by atoms with van der Waals surface area (Å²) in [6, 6.07) is 20.8. The minimum Gasteiger partial charge on any atom is -0.497 e. The lowest BCUT2D eigenvalue weighted by Crippen LogP contribution is -2.51. The summed E-state index contributed by atoms with van der Waals surface area (Å²) in [5.74, 6) is 0.598. The second-order valence-corrected chi connectivity index (χ2v) is 8.67. The average Bonchev–Trinajstić information content (AvgIpc) is 2.87. The fraction of sp³-hybridized carbons (Fsp3) is 0.259. The Morgan fingerprint density at radius 1 is 0.971 bits per heavy atom. The van der Waals surface area contributed by atoms with Crippen molar-refractivity contribution in [3.05, 3.63) is 94.0 Å². The first kappa shape index (κ1) is 26.4. The summed E-state index contributed by atoms with van der Waals surface area (Å²) in [4.78, 5) is 28.2. The second-order valence-electron chi connectivity index (χ2n) is 7.82. The number of nitrogens with zero attached hydrogens (tertiary/aromatic N) is 1. The molecule has 6 nitrogen and oxygen atoms in total. The van der Waals surface area contributed by atoms with Crippen molar-refractivity contribution in [2.24, 2.45) is 0 Å². The second kappa shape index (κ2) is 13.0. The third kappa shape index (κ3) is 7.64. The van der Waals surface area contributed by atoms with E-state index in [2.05, 4.69) is 5.32 Å². The zero-order valence-corrected chi connectivity index (χ0v) is 21.2. The third-order valence-electron chi connectivity index (χ3n) is 5.40. The van der Waals surface area contributed by atoms with E-state index >= 15 is 0 Å². The standard InChI is InChI=1S/C27H28Cl2N2O4/c1-3-30-27(33)25(15-19-7-5-4-6-8-19)31(17-20-9-10-21(28)16-24(20)29)26(32)18-35-23-13-11-22(34-2)12-14-23/h4-14,16,25H,3,15,17-18H2,1-2H3,(H,30,33)/t25-/m0/s1. The molecule has 0 aliphatic carbocycles. The van der Waals surface area contributed by atoms with Gasteiger partial charge in [0.15, 0.2) is 6.61 Å². The molecular weight excluding hydrogens is 487 g/mol. The van der Waals surface area contributed by atoms with Crippen molar-refractivity contribution in [3.63, 3.8) is 0 Å². The van der Waals surface area contributed by atoms with E-state index in [9.17, 15) is 9.59 Å². The lowest BCUT2D eigenvalue weighted by atomic mass is 10.0. The molecule has 0 saturated heterocycles. The number of methoxy groups -OCH3 is 1. The first-order chi connectivity index (χ1) is 16.9. The maximum atomic E-state index is 13.5. The molecule has 3 aromatic rings. The lowest BCUT2D eigenvalue weighted by Gasteiger charge is -2.31. The number of ether oxygens (including phenoxy) is 2. The summed E-state index contributed by atoms with van der Waals surface area (Å²) in [5, 5.41) is 3.76. The number of halogens is 2. The van der Waals surface area contributed by atoms with Crippen LogP contribution in [0.2, 0.25) is 10.0 Å². The fourth-order valence-corrected chi connectivity index (χ4v) is 4.05. The zero-order chi connectivity index (χ0) is 25.2. The van der Waals surface area contributed by atoms with E-state index in [1.807, 2.05) is 37.3 Å². The topological polar surface area (TPSA) is 67.9 Å². The quantitative estimate of drug-likeness (QED) is 0.383. The average molecular weight is 515 g/mol. The summed E-state index contributed by atoms with van der Waals surface area (Å²) in [7, 11) is 1.58. The van der Waals surface area contributed by atoms with E-state index in [0.29, 0.717) is 40.1 Å². The van der Waals surface area contributed by atoms with Crippen LogP contribution < -0.4 is 14.8 Å². The number of carbonyl (C=O) groups excluding carboxylic acids is 2. The molecule has 0 heterocycles. The molecular formula is C27H28Cl2N2O4. The van der Waals surface area contributed by atoms with E-state index in [1.54, 1.807) is 49.6 Å². The van der Waals surface area contributed by atoms with Crippen molar-refractivity contribution in [3.8, 4) is 11.5 Å². The Hall–Kier alpha value is -3.22. The highest BCUT2D eigenvalue weighted by Gasteiger charge is 2.31. The van der Waals surface area contributed by atoms with Gasteiger partial charge in [0.1, 0.15) is 17.5 Å². The molecule has 0 radical (unpaired) electrons. The van der Waals surface area contributed by atoms with Crippen molar-refractivity contribution in [2.75, 3.05) is 20.3 Å². The van der Waals surface area contributed by atoms with Crippen LogP contribution in [0.1, 0.15) is 18.1 Å². The van der Waals surface area contributed by atoms with Gasteiger partial charge in [-0.1, -0.05) is 59.6 Å².